The number of hydrogen-bond acceptors (Lipinski definition) is 5. The first-order valence-electron chi connectivity index (χ1n) is 6.70. The van der Waals surface area contributed by atoms with Gasteiger partial charge in [-0.3, -0.25) is 0 Å². The number of nitrogens with one attached hydrogen (secondary N) is 1. The topological polar surface area (TPSA) is 86.5 Å². The smallest absolute Gasteiger partial charge is 0.407 e. The monoisotopic (exact) mass is 315 g/mol. The lowest BCUT2D eigenvalue weighted by atomic mass is 10.2. The molecule has 0 saturated heterocycles. The maximum atomic E-state index is 11.6. The number of alkyl carbamates (subject to hydrolysis) is 1. The molecule has 3 N–H and O–H groups in total. The third-order valence-corrected chi connectivity index (χ3v) is 2.73. The Labute approximate surface area is 130 Å². The van der Waals surface area contributed by atoms with Crippen LogP contribution < -0.4 is 15.8 Å². The molecule has 0 spiro atoms. The van der Waals surface area contributed by atoms with Crippen molar-refractivity contribution in [2.75, 3.05) is 12.3 Å². The Morgan fingerprint density at radius 3 is 2.76 bits per heavy atom. The molecule has 0 bridgehead atoms. The van der Waals surface area contributed by atoms with Crippen LogP contribution in [0, 0.1) is 0 Å². The number of hydrogen-bond donors (Lipinski definition) is 2. The minimum absolute atomic E-state index is 0.0722. The van der Waals surface area contributed by atoms with Crippen LogP contribution in [0.3, 0.4) is 0 Å². The number of carbonyl (C=O) groups excluding carboxylic acids is 1. The normalized spacial score (nSPS) is 12.6. The largest absolute Gasteiger partial charge is 0.492 e. The molecule has 0 unspecified atom stereocenters. The Morgan fingerprint density at radius 1 is 1.52 bits per heavy atom. The zero-order valence-corrected chi connectivity index (χ0v) is 13.5. The molecular weight excluding hydrogens is 294 g/mol. The van der Waals surface area contributed by atoms with Crippen molar-refractivity contribution in [2.24, 2.45) is 0 Å². The molecule has 1 aromatic heterocycles. The maximum Gasteiger partial charge on any atom is 0.407 e. The van der Waals surface area contributed by atoms with Gasteiger partial charge in [0, 0.05) is 18.5 Å². The molecule has 0 fully saturated rings. The summed E-state index contributed by atoms with van der Waals surface area (Å²) in [5.41, 5.74) is 5.00. The van der Waals surface area contributed by atoms with Crippen molar-refractivity contribution in [3.63, 3.8) is 0 Å². The summed E-state index contributed by atoms with van der Waals surface area (Å²) in [5, 5.41) is 3.09. The second-order valence-electron chi connectivity index (χ2n) is 5.72. The number of nitrogens with zero attached hydrogens (tertiary/aromatic N) is 1. The summed E-state index contributed by atoms with van der Waals surface area (Å²) in [6.07, 6.45) is 1.70. The average molecular weight is 316 g/mol. The van der Waals surface area contributed by atoms with Gasteiger partial charge in [-0.25, -0.2) is 9.78 Å². The summed E-state index contributed by atoms with van der Waals surface area (Å²) in [7, 11) is 0. The number of carbonyl (C=O) groups is 1. The maximum absolute atomic E-state index is 11.6. The van der Waals surface area contributed by atoms with Crippen molar-refractivity contribution in [1.29, 1.82) is 0 Å². The van der Waals surface area contributed by atoms with Crippen molar-refractivity contribution in [2.45, 2.75) is 45.8 Å². The van der Waals surface area contributed by atoms with Gasteiger partial charge in [0.05, 0.1) is 17.8 Å². The molecule has 0 aromatic carbocycles. The predicted molar refractivity (Wildman–Crippen MR) is 82.6 cm³/mol. The van der Waals surface area contributed by atoms with E-state index in [1.165, 1.54) is 6.20 Å². The van der Waals surface area contributed by atoms with Crippen molar-refractivity contribution in [1.82, 2.24) is 10.3 Å². The highest BCUT2D eigenvalue weighted by Crippen LogP contribution is 2.21. The number of aromatic nitrogens is 1. The van der Waals surface area contributed by atoms with Crippen LogP contribution in [0.4, 0.5) is 10.6 Å². The van der Waals surface area contributed by atoms with Crippen LogP contribution in [-0.4, -0.2) is 29.3 Å². The van der Waals surface area contributed by atoms with Crippen molar-refractivity contribution < 1.29 is 14.3 Å². The minimum atomic E-state index is -0.507. The van der Waals surface area contributed by atoms with Gasteiger partial charge in [-0.1, -0.05) is 11.6 Å². The molecule has 1 rings (SSSR count). The highest BCUT2D eigenvalue weighted by Gasteiger charge is 2.17. The van der Waals surface area contributed by atoms with E-state index in [0.717, 1.165) is 0 Å². The number of amides is 1. The van der Waals surface area contributed by atoms with Gasteiger partial charge in [-0.2, -0.15) is 0 Å². The number of anilines is 1. The molecule has 1 heterocycles. The molecule has 1 aromatic rings. The van der Waals surface area contributed by atoms with Crippen LogP contribution in [-0.2, 0) is 4.74 Å². The molecule has 6 nitrogen and oxygen atoms in total. The van der Waals surface area contributed by atoms with Gasteiger partial charge in [-0.05, 0) is 27.7 Å². The molecule has 7 heteroatoms. The lowest BCUT2D eigenvalue weighted by molar-refractivity contribution is 0.0503. The van der Waals surface area contributed by atoms with E-state index in [1.54, 1.807) is 6.07 Å². The van der Waals surface area contributed by atoms with Crippen molar-refractivity contribution in [3.05, 3.63) is 17.3 Å². The van der Waals surface area contributed by atoms with E-state index in [2.05, 4.69) is 10.3 Å². The summed E-state index contributed by atoms with van der Waals surface area (Å²) in [6.45, 7) is 7.75. The van der Waals surface area contributed by atoms with E-state index < -0.39 is 11.7 Å². The molecule has 0 aliphatic heterocycles. The van der Waals surface area contributed by atoms with Crippen LogP contribution in [0.5, 0.6) is 5.75 Å². The Kier molecular flexibility index (Phi) is 6.08. The van der Waals surface area contributed by atoms with Gasteiger partial charge in [-0.15, -0.1) is 0 Å². The zero-order chi connectivity index (χ0) is 16.0. The van der Waals surface area contributed by atoms with Gasteiger partial charge in [0.15, 0.2) is 0 Å². The van der Waals surface area contributed by atoms with E-state index in [0.29, 0.717) is 23.8 Å². The fourth-order valence-electron chi connectivity index (χ4n) is 1.44. The summed E-state index contributed by atoms with van der Waals surface area (Å²) in [6, 6.07) is 1.53. The quantitative estimate of drug-likeness (QED) is 0.872. The standard InChI is InChI=1S/C14H22ClN3O3/c1-9(18-13(19)21-14(2,3)4)5-6-20-10-7-11(15)12(16)17-8-10/h7-9H,5-6H2,1-4H3,(H2,16,17)(H,18,19)/t9-/m0/s1. The summed E-state index contributed by atoms with van der Waals surface area (Å²) in [5.74, 6) is 0.808. The zero-order valence-electron chi connectivity index (χ0n) is 12.8. The van der Waals surface area contributed by atoms with Crippen molar-refractivity contribution in [3.8, 4) is 5.75 Å². The molecule has 21 heavy (non-hydrogen) atoms. The number of nitrogen functional groups attached to an aromatic ring is 1. The van der Waals surface area contributed by atoms with Gasteiger partial charge in [0.1, 0.15) is 17.2 Å². The lowest BCUT2D eigenvalue weighted by Gasteiger charge is -2.22. The SMILES string of the molecule is C[C@@H](CCOc1cnc(N)c(Cl)c1)NC(=O)OC(C)(C)C. The summed E-state index contributed by atoms with van der Waals surface area (Å²) >= 11 is 5.84. The van der Waals surface area contributed by atoms with Crippen LogP contribution in [0.15, 0.2) is 12.3 Å². The lowest BCUT2D eigenvalue weighted by Crippen LogP contribution is -2.38. The number of pyridine rings is 1. The third-order valence-electron chi connectivity index (χ3n) is 2.43. The Bertz CT molecular complexity index is 489. The number of rotatable bonds is 5. The van der Waals surface area contributed by atoms with Gasteiger partial charge < -0.3 is 20.5 Å². The number of halogens is 1. The molecule has 1 amide bonds. The molecule has 1 atom stereocenters. The molecule has 0 aliphatic carbocycles. The Morgan fingerprint density at radius 2 is 2.19 bits per heavy atom. The van der Waals surface area contributed by atoms with Gasteiger partial charge >= 0.3 is 6.09 Å². The van der Waals surface area contributed by atoms with Crippen LogP contribution in [0.1, 0.15) is 34.1 Å². The van der Waals surface area contributed by atoms with Crippen molar-refractivity contribution >= 4 is 23.5 Å². The van der Waals surface area contributed by atoms with E-state index in [4.69, 9.17) is 26.8 Å². The van der Waals surface area contributed by atoms with Gasteiger partial charge in [0.2, 0.25) is 0 Å². The van der Waals surface area contributed by atoms with Crippen LogP contribution in [0.2, 0.25) is 5.02 Å². The number of ether oxygens (including phenoxy) is 2. The van der Waals surface area contributed by atoms with E-state index in [1.807, 2.05) is 27.7 Å². The first kappa shape index (κ1) is 17.4. The Hall–Kier alpha value is -1.69. The molecule has 118 valence electrons. The molecule has 0 saturated carbocycles. The van der Waals surface area contributed by atoms with E-state index in [9.17, 15) is 4.79 Å². The highest BCUT2D eigenvalue weighted by molar-refractivity contribution is 6.32. The second kappa shape index (κ2) is 7.36. The average Bonchev–Trinajstić information content (AvgIpc) is 2.31. The summed E-state index contributed by atoms with van der Waals surface area (Å²) < 4.78 is 10.7. The van der Waals surface area contributed by atoms with Gasteiger partial charge in [0.25, 0.3) is 0 Å². The fraction of sp³-hybridized carbons (Fsp3) is 0.571. The summed E-state index contributed by atoms with van der Waals surface area (Å²) in [4.78, 5) is 15.5. The first-order valence-corrected chi connectivity index (χ1v) is 7.08. The van der Waals surface area contributed by atoms with Crippen LogP contribution in [0.25, 0.3) is 0 Å². The molecular formula is C14H22ClN3O3. The number of nitrogens with two attached hydrogens (primary N) is 1. The molecule has 0 aliphatic rings. The highest BCUT2D eigenvalue weighted by atomic mass is 35.5. The second-order valence-corrected chi connectivity index (χ2v) is 6.13. The fourth-order valence-corrected chi connectivity index (χ4v) is 1.60. The third kappa shape index (κ3) is 7.04. The molecule has 0 radical (unpaired) electrons. The minimum Gasteiger partial charge on any atom is -0.492 e. The van der Waals surface area contributed by atoms with Crippen LogP contribution >= 0.6 is 11.6 Å². The Balaban J connectivity index is 2.31. The van der Waals surface area contributed by atoms with E-state index >= 15 is 0 Å². The predicted octanol–water partition coefficient (Wildman–Crippen LogP) is 3.00. The first-order chi connectivity index (χ1) is 9.67. The van der Waals surface area contributed by atoms with E-state index in [-0.39, 0.29) is 11.9 Å².